The molecule has 0 bridgehead atoms. The van der Waals surface area contributed by atoms with Gasteiger partial charge in [-0.15, -0.1) is 0 Å². The van der Waals surface area contributed by atoms with Crippen LogP contribution in [-0.4, -0.2) is 36.8 Å². The standard InChI is InChI=1S/C21H24N4O2/c1-26-18-10-7-14(13-19(18)27-2)11-12-22-21-24-17-6-4-3-5-16(17)20(25-21)23-15-8-9-15/h3-7,10,13,15H,8-9,11-12H2,1-2H3,(H2,22,23,24,25). The largest absolute Gasteiger partial charge is 0.493 e. The fraction of sp³-hybridized carbons (Fsp3) is 0.333. The monoisotopic (exact) mass is 364 g/mol. The van der Waals surface area contributed by atoms with Crippen molar-refractivity contribution in [2.75, 3.05) is 31.4 Å². The lowest BCUT2D eigenvalue weighted by Crippen LogP contribution is -2.11. The van der Waals surface area contributed by atoms with Crippen molar-refractivity contribution in [3.63, 3.8) is 0 Å². The Morgan fingerprint density at radius 1 is 1.00 bits per heavy atom. The van der Waals surface area contributed by atoms with Gasteiger partial charge in [0.25, 0.3) is 0 Å². The van der Waals surface area contributed by atoms with Gasteiger partial charge in [-0.3, -0.25) is 0 Å². The molecule has 6 nitrogen and oxygen atoms in total. The Kier molecular flexibility index (Phi) is 4.96. The highest BCUT2D eigenvalue weighted by molar-refractivity contribution is 5.90. The van der Waals surface area contributed by atoms with E-state index in [0.29, 0.717) is 12.0 Å². The summed E-state index contributed by atoms with van der Waals surface area (Å²) in [5.74, 6) is 3.05. The first-order valence-corrected chi connectivity index (χ1v) is 9.25. The molecule has 2 aromatic carbocycles. The SMILES string of the molecule is COc1ccc(CCNc2nc(NC3CC3)c3ccccc3n2)cc1OC. The summed E-state index contributed by atoms with van der Waals surface area (Å²) in [6.07, 6.45) is 3.25. The molecule has 140 valence electrons. The molecule has 1 heterocycles. The van der Waals surface area contributed by atoms with Crippen molar-refractivity contribution in [1.82, 2.24) is 9.97 Å². The number of fused-ring (bicyclic) bond motifs is 1. The lowest BCUT2D eigenvalue weighted by Gasteiger charge is -2.12. The van der Waals surface area contributed by atoms with Crippen molar-refractivity contribution in [1.29, 1.82) is 0 Å². The molecule has 0 saturated heterocycles. The summed E-state index contributed by atoms with van der Waals surface area (Å²) >= 11 is 0. The van der Waals surface area contributed by atoms with Crippen LogP contribution in [0.1, 0.15) is 18.4 Å². The van der Waals surface area contributed by atoms with E-state index in [1.807, 2.05) is 36.4 Å². The third kappa shape index (κ3) is 4.05. The minimum Gasteiger partial charge on any atom is -0.493 e. The normalized spacial score (nSPS) is 13.4. The predicted octanol–water partition coefficient (Wildman–Crippen LogP) is 3.88. The third-order valence-electron chi connectivity index (χ3n) is 4.67. The van der Waals surface area contributed by atoms with Gasteiger partial charge in [-0.1, -0.05) is 18.2 Å². The van der Waals surface area contributed by atoms with Gasteiger partial charge in [0.1, 0.15) is 5.82 Å². The van der Waals surface area contributed by atoms with E-state index in [-0.39, 0.29) is 0 Å². The van der Waals surface area contributed by atoms with Gasteiger partial charge in [0.05, 0.1) is 19.7 Å². The molecule has 1 fully saturated rings. The molecule has 1 saturated carbocycles. The zero-order chi connectivity index (χ0) is 18.6. The minimum absolute atomic E-state index is 0.544. The zero-order valence-electron chi connectivity index (χ0n) is 15.7. The second kappa shape index (κ2) is 7.70. The maximum Gasteiger partial charge on any atom is 0.225 e. The highest BCUT2D eigenvalue weighted by Crippen LogP contribution is 2.29. The maximum atomic E-state index is 5.37. The summed E-state index contributed by atoms with van der Waals surface area (Å²) in [5, 5.41) is 7.93. The average molecular weight is 364 g/mol. The van der Waals surface area contributed by atoms with Crippen LogP contribution in [0.15, 0.2) is 42.5 Å². The van der Waals surface area contributed by atoms with E-state index in [1.165, 1.54) is 12.8 Å². The predicted molar refractivity (Wildman–Crippen MR) is 108 cm³/mol. The summed E-state index contributed by atoms with van der Waals surface area (Å²) in [7, 11) is 3.29. The van der Waals surface area contributed by atoms with E-state index in [1.54, 1.807) is 14.2 Å². The van der Waals surface area contributed by atoms with Crippen LogP contribution in [0.3, 0.4) is 0 Å². The number of benzene rings is 2. The van der Waals surface area contributed by atoms with E-state index in [4.69, 9.17) is 14.5 Å². The number of aromatic nitrogens is 2. The molecule has 4 rings (SSSR count). The lowest BCUT2D eigenvalue weighted by molar-refractivity contribution is 0.354. The Balaban J connectivity index is 1.47. The number of methoxy groups -OCH3 is 2. The molecule has 27 heavy (non-hydrogen) atoms. The average Bonchev–Trinajstić information content (AvgIpc) is 3.52. The first-order valence-electron chi connectivity index (χ1n) is 9.25. The highest BCUT2D eigenvalue weighted by Gasteiger charge is 2.22. The van der Waals surface area contributed by atoms with E-state index in [2.05, 4.69) is 21.7 Å². The van der Waals surface area contributed by atoms with Crippen LogP contribution in [0.25, 0.3) is 10.9 Å². The molecule has 1 aliphatic rings. The van der Waals surface area contributed by atoms with Crippen molar-refractivity contribution in [2.24, 2.45) is 0 Å². The van der Waals surface area contributed by atoms with Crippen molar-refractivity contribution < 1.29 is 9.47 Å². The van der Waals surface area contributed by atoms with Crippen molar-refractivity contribution >= 4 is 22.7 Å². The molecule has 0 atom stereocenters. The molecular weight excluding hydrogens is 340 g/mol. The summed E-state index contributed by atoms with van der Waals surface area (Å²) in [6.45, 7) is 0.733. The minimum atomic E-state index is 0.544. The molecule has 0 amide bonds. The van der Waals surface area contributed by atoms with E-state index in [0.717, 1.165) is 46.7 Å². The number of para-hydroxylation sites is 1. The quantitative estimate of drug-likeness (QED) is 0.632. The molecule has 0 radical (unpaired) electrons. The van der Waals surface area contributed by atoms with Crippen molar-refractivity contribution in [3.8, 4) is 11.5 Å². The number of hydrogen-bond acceptors (Lipinski definition) is 6. The van der Waals surface area contributed by atoms with Gasteiger partial charge in [0.2, 0.25) is 5.95 Å². The van der Waals surface area contributed by atoms with Crippen LogP contribution in [0, 0.1) is 0 Å². The Labute approximate surface area is 158 Å². The smallest absolute Gasteiger partial charge is 0.225 e. The topological polar surface area (TPSA) is 68.3 Å². The summed E-state index contributed by atoms with van der Waals surface area (Å²) in [6, 6.07) is 14.6. The first-order chi connectivity index (χ1) is 13.3. The second-order valence-electron chi connectivity index (χ2n) is 6.70. The number of anilines is 2. The molecule has 0 unspecified atom stereocenters. The Morgan fingerprint density at radius 2 is 1.81 bits per heavy atom. The third-order valence-corrected chi connectivity index (χ3v) is 4.67. The Hall–Kier alpha value is -3.02. The summed E-state index contributed by atoms with van der Waals surface area (Å²) in [5.41, 5.74) is 2.11. The molecule has 1 aliphatic carbocycles. The van der Waals surface area contributed by atoms with Crippen LogP contribution in [0.2, 0.25) is 0 Å². The summed E-state index contributed by atoms with van der Waals surface area (Å²) in [4.78, 5) is 9.34. The number of rotatable bonds is 8. The maximum absolute atomic E-state index is 5.37. The van der Waals surface area contributed by atoms with Gasteiger partial charge in [-0.2, -0.15) is 4.98 Å². The fourth-order valence-corrected chi connectivity index (χ4v) is 3.04. The van der Waals surface area contributed by atoms with E-state index in [9.17, 15) is 0 Å². The van der Waals surface area contributed by atoms with Gasteiger partial charge >= 0.3 is 0 Å². The molecular formula is C21H24N4O2. The van der Waals surface area contributed by atoms with Gasteiger partial charge in [0.15, 0.2) is 11.5 Å². The molecule has 0 aliphatic heterocycles. The van der Waals surface area contributed by atoms with E-state index < -0.39 is 0 Å². The van der Waals surface area contributed by atoms with Crippen molar-refractivity contribution in [3.05, 3.63) is 48.0 Å². The fourth-order valence-electron chi connectivity index (χ4n) is 3.04. The van der Waals surface area contributed by atoms with Gasteiger partial charge < -0.3 is 20.1 Å². The second-order valence-corrected chi connectivity index (χ2v) is 6.70. The van der Waals surface area contributed by atoms with Gasteiger partial charge in [-0.05, 0) is 49.1 Å². The van der Waals surface area contributed by atoms with Crippen molar-refractivity contribution in [2.45, 2.75) is 25.3 Å². The first kappa shape index (κ1) is 17.4. The molecule has 3 aromatic rings. The molecule has 2 N–H and O–H groups in total. The Morgan fingerprint density at radius 3 is 2.59 bits per heavy atom. The zero-order valence-corrected chi connectivity index (χ0v) is 15.7. The number of hydrogen-bond donors (Lipinski definition) is 2. The molecule has 1 aromatic heterocycles. The number of nitrogens with one attached hydrogen (secondary N) is 2. The number of nitrogens with zero attached hydrogens (tertiary/aromatic N) is 2. The van der Waals surface area contributed by atoms with E-state index >= 15 is 0 Å². The van der Waals surface area contributed by atoms with Crippen LogP contribution in [0.5, 0.6) is 11.5 Å². The Bertz CT molecular complexity index is 941. The van der Waals surface area contributed by atoms with Gasteiger partial charge in [-0.25, -0.2) is 4.98 Å². The van der Waals surface area contributed by atoms with Crippen LogP contribution in [-0.2, 0) is 6.42 Å². The summed E-state index contributed by atoms with van der Waals surface area (Å²) < 4.78 is 10.7. The molecule has 6 heteroatoms. The van der Waals surface area contributed by atoms with Crippen LogP contribution < -0.4 is 20.1 Å². The van der Waals surface area contributed by atoms with Crippen LogP contribution >= 0.6 is 0 Å². The van der Waals surface area contributed by atoms with Crippen LogP contribution in [0.4, 0.5) is 11.8 Å². The van der Waals surface area contributed by atoms with Gasteiger partial charge in [0, 0.05) is 18.0 Å². The number of ether oxygens (including phenoxy) is 2. The highest BCUT2D eigenvalue weighted by atomic mass is 16.5. The lowest BCUT2D eigenvalue weighted by atomic mass is 10.1. The molecule has 0 spiro atoms.